The zero-order valence-electron chi connectivity index (χ0n) is 8.40. The van der Waals surface area contributed by atoms with Crippen molar-refractivity contribution >= 4 is 0 Å². The lowest BCUT2D eigenvalue weighted by Crippen LogP contribution is -2.00. The van der Waals surface area contributed by atoms with Crippen LogP contribution in [0.1, 0.15) is 11.3 Å². The van der Waals surface area contributed by atoms with E-state index in [9.17, 15) is 8.78 Å². The zero-order valence-corrected chi connectivity index (χ0v) is 8.40. The Morgan fingerprint density at radius 1 is 1.31 bits per heavy atom. The second-order valence-electron chi connectivity index (χ2n) is 3.43. The molecule has 0 saturated carbocycles. The van der Waals surface area contributed by atoms with Gasteiger partial charge in [-0.1, -0.05) is 0 Å². The molecule has 0 radical (unpaired) electrons. The van der Waals surface area contributed by atoms with E-state index in [0.29, 0.717) is 5.69 Å². The lowest BCUT2D eigenvalue weighted by atomic mass is 10.2. The van der Waals surface area contributed by atoms with E-state index in [0.717, 1.165) is 18.2 Å². The molecule has 0 amide bonds. The summed E-state index contributed by atoms with van der Waals surface area (Å²) in [4.78, 5) is 3.88. The summed E-state index contributed by atoms with van der Waals surface area (Å²) < 4.78 is 27.8. The fraction of sp³-hybridized carbons (Fsp3) is 0.182. The number of aliphatic hydroxyl groups excluding tert-OH is 1. The van der Waals surface area contributed by atoms with Gasteiger partial charge in [-0.05, 0) is 18.2 Å². The average Bonchev–Trinajstić information content (AvgIpc) is 2.71. The van der Waals surface area contributed by atoms with E-state index in [1.54, 1.807) is 10.8 Å². The van der Waals surface area contributed by atoms with E-state index >= 15 is 0 Å². The van der Waals surface area contributed by atoms with E-state index < -0.39 is 11.6 Å². The number of aromatic nitrogens is 2. The van der Waals surface area contributed by atoms with Crippen LogP contribution in [0.4, 0.5) is 8.78 Å². The SMILES string of the molecule is OCc1cn(Cc2cc(F)ccc2F)cn1. The first-order valence-electron chi connectivity index (χ1n) is 4.74. The molecule has 1 heterocycles. The van der Waals surface area contributed by atoms with Crippen LogP contribution in [0.5, 0.6) is 0 Å². The van der Waals surface area contributed by atoms with Crippen molar-refractivity contribution in [2.45, 2.75) is 13.2 Å². The molecule has 16 heavy (non-hydrogen) atoms. The average molecular weight is 224 g/mol. The van der Waals surface area contributed by atoms with Crippen LogP contribution in [0.3, 0.4) is 0 Å². The number of aliphatic hydroxyl groups is 1. The summed E-state index contributed by atoms with van der Waals surface area (Å²) in [5.41, 5.74) is 0.749. The smallest absolute Gasteiger partial charge is 0.128 e. The Balaban J connectivity index is 2.22. The van der Waals surface area contributed by atoms with E-state index in [2.05, 4.69) is 4.98 Å². The molecule has 1 aromatic carbocycles. The van der Waals surface area contributed by atoms with Crippen molar-refractivity contribution in [1.29, 1.82) is 0 Å². The molecule has 1 aromatic heterocycles. The van der Waals surface area contributed by atoms with Gasteiger partial charge in [0.25, 0.3) is 0 Å². The third-order valence-corrected chi connectivity index (χ3v) is 2.21. The van der Waals surface area contributed by atoms with E-state index in [-0.39, 0.29) is 18.7 Å². The lowest BCUT2D eigenvalue weighted by molar-refractivity contribution is 0.277. The standard InChI is InChI=1S/C11H10F2N2O/c12-9-1-2-11(13)8(3-9)4-15-5-10(6-16)14-7-15/h1-3,5,7,16H,4,6H2. The van der Waals surface area contributed by atoms with Gasteiger partial charge in [0.1, 0.15) is 11.6 Å². The van der Waals surface area contributed by atoms with Gasteiger partial charge in [-0.15, -0.1) is 0 Å². The predicted molar refractivity (Wildman–Crippen MR) is 53.6 cm³/mol. The van der Waals surface area contributed by atoms with Crippen molar-refractivity contribution in [3.63, 3.8) is 0 Å². The second-order valence-corrected chi connectivity index (χ2v) is 3.43. The largest absolute Gasteiger partial charge is 0.390 e. The summed E-state index contributed by atoms with van der Waals surface area (Å²) in [5, 5.41) is 8.81. The third kappa shape index (κ3) is 2.25. The Hall–Kier alpha value is -1.75. The van der Waals surface area contributed by atoms with Crippen LogP contribution in [0.25, 0.3) is 0 Å². The normalized spacial score (nSPS) is 10.7. The Labute approximate surface area is 91.0 Å². The quantitative estimate of drug-likeness (QED) is 0.861. The summed E-state index contributed by atoms with van der Waals surface area (Å²) in [6.45, 7) is 0.0230. The third-order valence-electron chi connectivity index (χ3n) is 2.21. The number of rotatable bonds is 3. The van der Waals surface area contributed by atoms with Crippen LogP contribution < -0.4 is 0 Å². The maximum atomic E-state index is 13.3. The number of benzene rings is 1. The highest BCUT2D eigenvalue weighted by Gasteiger charge is 2.05. The number of halogens is 2. The van der Waals surface area contributed by atoms with Crippen LogP contribution in [-0.2, 0) is 13.2 Å². The molecule has 0 unspecified atom stereocenters. The molecule has 0 saturated heterocycles. The van der Waals surface area contributed by atoms with Gasteiger partial charge in [0.2, 0.25) is 0 Å². The monoisotopic (exact) mass is 224 g/mol. The number of nitrogens with zero attached hydrogens (tertiary/aromatic N) is 2. The van der Waals surface area contributed by atoms with E-state index in [4.69, 9.17) is 5.11 Å². The van der Waals surface area contributed by atoms with Crippen LogP contribution in [-0.4, -0.2) is 14.7 Å². The maximum absolute atomic E-state index is 13.3. The first-order chi connectivity index (χ1) is 7.69. The van der Waals surface area contributed by atoms with E-state index in [1.807, 2.05) is 0 Å². The summed E-state index contributed by atoms with van der Waals surface area (Å²) >= 11 is 0. The van der Waals surface area contributed by atoms with Gasteiger partial charge in [-0.25, -0.2) is 13.8 Å². The van der Waals surface area contributed by atoms with Gasteiger partial charge in [-0.3, -0.25) is 0 Å². The molecular weight excluding hydrogens is 214 g/mol. The minimum atomic E-state index is -0.473. The van der Waals surface area contributed by atoms with Gasteiger partial charge >= 0.3 is 0 Å². The summed E-state index contributed by atoms with van der Waals surface area (Å²) in [6, 6.07) is 3.31. The molecule has 0 fully saturated rings. The molecule has 3 nitrogen and oxygen atoms in total. The highest BCUT2D eigenvalue weighted by molar-refractivity contribution is 5.19. The van der Waals surface area contributed by atoms with Crippen LogP contribution >= 0.6 is 0 Å². The molecule has 0 bridgehead atoms. The molecule has 2 aromatic rings. The minimum absolute atomic E-state index is 0.168. The van der Waals surface area contributed by atoms with Crippen molar-refractivity contribution in [2.75, 3.05) is 0 Å². The van der Waals surface area contributed by atoms with Crippen molar-refractivity contribution in [3.05, 3.63) is 53.6 Å². The fourth-order valence-electron chi connectivity index (χ4n) is 1.44. The van der Waals surface area contributed by atoms with E-state index in [1.165, 1.54) is 6.33 Å². The van der Waals surface area contributed by atoms with Crippen molar-refractivity contribution in [1.82, 2.24) is 9.55 Å². The Kier molecular flexibility index (Phi) is 2.96. The molecule has 1 N–H and O–H groups in total. The Morgan fingerprint density at radius 2 is 2.12 bits per heavy atom. The molecular formula is C11H10F2N2O. The first-order valence-corrected chi connectivity index (χ1v) is 4.74. The second kappa shape index (κ2) is 4.40. The first kappa shape index (κ1) is 10.8. The Morgan fingerprint density at radius 3 is 2.81 bits per heavy atom. The lowest BCUT2D eigenvalue weighted by Gasteiger charge is -2.03. The van der Waals surface area contributed by atoms with Crippen LogP contribution in [0.15, 0.2) is 30.7 Å². The van der Waals surface area contributed by atoms with Crippen molar-refractivity contribution in [3.8, 4) is 0 Å². The number of hydrogen-bond acceptors (Lipinski definition) is 2. The van der Waals surface area contributed by atoms with Gasteiger partial charge in [0.15, 0.2) is 0 Å². The molecule has 0 aliphatic rings. The van der Waals surface area contributed by atoms with Gasteiger partial charge in [0, 0.05) is 11.8 Å². The van der Waals surface area contributed by atoms with Crippen molar-refractivity contribution < 1.29 is 13.9 Å². The van der Waals surface area contributed by atoms with Gasteiger partial charge in [-0.2, -0.15) is 0 Å². The maximum Gasteiger partial charge on any atom is 0.128 e. The Bertz CT molecular complexity index is 496. The highest BCUT2D eigenvalue weighted by atomic mass is 19.1. The van der Waals surface area contributed by atoms with Gasteiger partial charge in [0.05, 0.1) is 25.2 Å². The van der Waals surface area contributed by atoms with Crippen LogP contribution in [0.2, 0.25) is 0 Å². The van der Waals surface area contributed by atoms with Crippen LogP contribution in [0, 0.1) is 11.6 Å². The minimum Gasteiger partial charge on any atom is -0.390 e. The summed E-state index contributed by atoms with van der Waals surface area (Å²) in [7, 11) is 0. The zero-order chi connectivity index (χ0) is 11.5. The van der Waals surface area contributed by atoms with Crippen molar-refractivity contribution in [2.24, 2.45) is 0 Å². The topological polar surface area (TPSA) is 38.0 Å². The number of hydrogen-bond donors (Lipinski definition) is 1. The number of imidazole rings is 1. The molecule has 0 spiro atoms. The molecule has 0 aliphatic heterocycles. The molecule has 84 valence electrons. The molecule has 2 rings (SSSR count). The summed E-state index contributed by atoms with van der Waals surface area (Å²) in [6.07, 6.45) is 3.06. The summed E-state index contributed by atoms with van der Waals surface area (Å²) in [5.74, 6) is -0.931. The molecule has 5 heteroatoms. The molecule has 0 atom stereocenters. The van der Waals surface area contributed by atoms with Gasteiger partial charge < -0.3 is 9.67 Å². The molecule has 0 aliphatic carbocycles. The predicted octanol–water partition coefficient (Wildman–Crippen LogP) is 1.70. The highest BCUT2D eigenvalue weighted by Crippen LogP contribution is 2.11. The fourth-order valence-corrected chi connectivity index (χ4v) is 1.44.